The Labute approximate surface area is 114 Å². The van der Waals surface area contributed by atoms with E-state index < -0.39 is 14.3 Å². The summed E-state index contributed by atoms with van der Waals surface area (Å²) in [6.07, 6.45) is 1.44. The van der Waals surface area contributed by atoms with Gasteiger partial charge in [-0.3, -0.25) is 4.79 Å². The molecule has 1 aliphatic rings. The third kappa shape index (κ3) is 2.60. The Morgan fingerprint density at radius 1 is 1.50 bits per heavy atom. The Kier molecular flexibility index (Phi) is 3.53. The highest BCUT2D eigenvalue weighted by Crippen LogP contribution is 2.31. The molecule has 0 aliphatic carbocycles. The number of carbonyl (C=O) groups excluding carboxylic acids is 1. The fraction of sp³-hybridized carbons (Fsp3) is 0.400. The number of carbonyl (C=O) groups is 1. The molecule has 0 spiro atoms. The van der Waals surface area contributed by atoms with Gasteiger partial charge in [0.2, 0.25) is 15.0 Å². The lowest BCUT2D eigenvalue weighted by atomic mass is 10.3. The minimum absolute atomic E-state index is 0.00944. The normalized spacial score (nSPS) is 20.5. The van der Waals surface area contributed by atoms with Gasteiger partial charge in [0.15, 0.2) is 5.15 Å². The molecule has 18 heavy (non-hydrogen) atoms. The number of aryl methyl sites for hydroxylation is 1. The van der Waals surface area contributed by atoms with E-state index in [0.29, 0.717) is 5.69 Å². The lowest BCUT2D eigenvalue weighted by molar-refractivity contribution is -0.117. The highest BCUT2D eigenvalue weighted by molar-refractivity contribution is 8.14. The Morgan fingerprint density at radius 2 is 2.17 bits per heavy atom. The van der Waals surface area contributed by atoms with Gasteiger partial charge in [-0.2, -0.15) is 0 Å². The van der Waals surface area contributed by atoms with Crippen molar-refractivity contribution in [2.75, 3.05) is 11.4 Å². The van der Waals surface area contributed by atoms with Crippen molar-refractivity contribution < 1.29 is 13.2 Å². The molecule has 1 aromatic heterocycles. The highest BCUT2D eigenvalue weighted by atomic mass is 35.7. The maximum atomic E-state index is 11.8. The number of hydrogen-bond acceptors (Lipinski definition) is 4. The van der Waals surface area contributed by atoms with E-state index in [0.717, 1.165) is 5.56 Å². The number of hydrogen-bond donors (Lipinski definition) is 0. The van der Waals surface area contributed by atoms with Crippen LogP contribution in [0.25, 0.3) is 0 Å². The summed E-state index contributed by atoms with van der Waals surface area (Å²) >= 11 is 5.92. The molecule has 2 rings (SSSR count). The molecule has 0 bridgehead atoms. The summed E-state index contributed by atoms with van der Waals surface area (Å²) in [7, 11) is 1.52. The van der Waals surface area contributed by atoms with Crippen LogP contribution in [-0.4, -0.2) is 31.1 Å². The van der Waals surface area contributed by atoms with E-state index >= 15 is 0 Å². The SMILES string of the molecule is Cc1cnc(Cl)c(N2CC(S(=O)(=O)Cl)CC2=O)c1. The van der Waals surface area contributed by atoms with E-state index in [2.05, 4.69) is 4.98 Å². The third-order valence-corrected chi connectivity index (χ3v) is 4.89. The molecular formula is C10H10Cl2N2O3S. The molecule has 1 saturated heterocycles. The molecule has 1 amide bonds. The molecular weight excluding hydrogens is 299 g/mol. The van der Waals surface area contributed by atoms with Gasteiger partial charge in [0.05, 0.1) is 5.69 Å². The third-order valence-electron chi connectivity index (χ3n) is 2.74. The van der Waals surface area contributed by atoms with Crippen molar-refractivity contribution in [3.63, 3.8) is 0 Å². The Hall–Kier alpha value is -0.850. The second-order valence-electron chi connectivity index (χ2n) is 4.13. The van der Waals surface area contributed by atoms with Crippen LogP contribution in [0.1, 0.15) is 12.0 Å². The average Bonchev–Trinajstić information content (AvgIpc) is 2.64. The highest BCUT2D eigenvalue weighted by Gasteiger charge is 2.38. The molecule has 0 radical (unpaired) electrons. The number of halogens is 2. The fourth-order valence-electron chi connectivity index (χ4n) is 1.82. The van der Waals surface area contributed by atoms with E-state index in [1.165, 1.54) is 4.90 Å². The van der Waals surface area contributed by atoms with Gasteiger partial charge in [-0.05, 0) is 18.6 Å². The maximum absolute atomic E-state index is 11.8. The maximum Gasteiger partial charge on any atom is 0.237 e. The molecule has 1 aromatic rings. The van der Waals surface area contributed by atoms with Crippen LogP contribution >= 0.6 is 22.3 Å². The van der Waals surface area contributed by atoms with Crippen molar-refractivity contribution >= 4 is 42.9 Å². The second-order valence-corrected chi connectivity index (χ2v) is 7.39. The molecule has 8 heteroatoms. The van der Waals surface area contributed by atoms with Crippen molar-refractivity contribution in [1.29, 1.82) is 0 Å². The molecule has 98 valence electrons. The summed E-state index contributed by atoms with van der Waals surface area (Å²) in [4.78, 5) is 17.1. The summed E-state index contributed by atoms with van der Waals surface area (Å²) in [5.41, 5.74) is 1.25. The molecule has 1 unspecified atom stereocenters. The van der Waals surface area contributed by atoms with Crippen LogP contribution < -0.4 is 4.90 Å². The zero-order valence-corrected chi connectivity index (χ0v) is 11.8. The summed E-state index contributed by atoms with van der Waals surface area (Å²) in [5, 5.41) is -0.732. The first-order valence-electron chi connectivity index (χ1n) is 5.15. The number of aromatic nitrogens is 1. The van der Waals surface area contributed by atoms with E-state index in [1.54, 1.807) is 12.3 Å². The van der Waals surface area contributed by atoms with Gasteiger partial charge in [-0.15, -0.1) is 0 Å². The van der Waals surface area contributed by atoms with Crippen molar-refractivity contribution in [3.8, 4) is 0 Å². The van der Waals surface area contributed by atoms with Gasteiger partial charge >= 0.3 is 0 Å². The summed E-state index contributed by atoms with van der Waals surface area (Å²) in [6, 6.07) is 1.69. The first-order chi connectivity index (χ1) is 8.29. The molecule has 0 saturated carbocycles. The Morgan fingerprint density at radius 3 is 2.72 bits per heavy atom. The molecule has 1 atom stereocenters. The van der Waals surface area contributed by atoms with E-state index in [1.807, 2.05) is 6.92 Å². The van der Waals surface area contributed by atoms with E-state index in [-0.39, 0.29) is 24.0 Å². The van der Waals surface area contributed by atoms with Crippen molar-refractivity contribution in [1.82, 2.24) is 4.98 Å². The molecule has 0 N–H and O–H groups in total. The first-order valence-corrected chi connectivity index (χ1v) is 7.90. The van der Waals surface area contributed by atoms with Crippen LogP contribution in [0.15, 0.2) is 12.3 Å². The second kappa shape index (κ2) is 4.68. The van der Waals surface area contributed by atoms with Crippen LogP contribution in [0.5, 0.6) is 0 Å². The Bertz CT molecular complexity index is 603. The summed E-state index contributed by atoms with van der Waals surface area (Å²) < 4.78 is 22.5. The van der Waals surface area contributed by atoms with Gasteiger partial charge in [0, 0.05) is 29.8 Å². The van der Waals surface area contributed by atoms with Gasteiger partial charge in [0.1, 0.15) is 5.25 Å². The van der Waals surface area contributed by atoms with Crippen molar-refractivity contribution in [2.24, 2.45) is 0 Å². The van der Waals surface area contributed by atoms with Crippen molar-refractivity contribution in [3.05, 3.63) is 23.0 Å². The number of pyridine rings is 1. The summed E-state index contributed by atoms with van der Waals surface area (Å²) in [5.74, 6) is -0.321. The summed E-state index contributed by atoms with van der Waals surface area (Å²) in [6.45, 7) is 1.82. The topological polar surface area (TPSA) is 67.3 Å². The number of anilines is 1. The van der Waals surface area contributed by atoms with Gasteiger partial charge < -0.3 is 4.90 Å². The lowest BCUT2D eigenvalue weighted by Crippen LogP contribution is -2.27. The van der Waals surface area contributed by atoms with Crippen LogP contribution in [0.4, 0.5) is 5.69 Å². The zero-order valence-electron chi connectivity index (χ0n) is 9.43. The predicted octanol–water partition coefficient (Wildman–Crippen LogP) is 1.72. The quantitative estimate of drug-likeness (QED) is 0.616. The van der Waals surface area contributed by atoms with E-state index in [4.69, 9.17) is 22.3 Å². The van der Waals surface area contributed by atoms with Gasteiger partial charge in [-0.25, -0.2) is 13.4 Å². The smallest absolute Gasteiger partial charge is 0.237 e. The zero-order chi connectivity index (χ0) is 13.5. The monoisotopic (exact) mass is 308 g/mol. The van der Waals surface area contributed by atoms with Gasteiger partial charge in [0.25, 0.3) is 0 Å². The molecule has 2 heterocycles. The van der Waals surface area contributed by atoms with Crippen LogP contribution in [0.3, 0.4) is 0 Å². The van der Waals surface area contributed by atoms with Crippen LogP contribution in [-0.2, 0) is 13.8 Å². The molecule has 1 aliphatic heterocycles. The standard InChI is InChI=1S/C10H10Cl2N2O3S/c1-6-2-8(10(11)13-4-6)14-5-7(3-9(14)15)18(12,16)17/h2,4,7H,3,5H2,1H3. The van der Waals surface area contributed by atoms with Crippen molar-refractivity contribution in [2.45, 2.75) is 18.6 Å². The first kappa shape index (κ1) is 13.6. The minimum Gasteiger partial charge on any atom is -0.308 e. The predicted molar refractivity (Wildman–Crippen MR) is 69.5 cm³/mol. The Balaban J connectivity index is 2.35. The molecule has 1 fully saturated rings. The number of amides is 1. The lowest BCUT2D eigenvalue weighted by Gasteiger charge is -2.17. The molecule has 0 aromatic carbocycles. The number of rotatable bonds is 2. The molecule has 5 nitrogen and oxygen atoms in total. The average molecular weight is 309 g/mol. The fourth-order valence-corrected chi connectivity index (χ4v) is 3.05. The van der Waals surface area contributed by atoms with Crippen LogP contribution in [0, 0.1) is 6.92 Å². The van der Waals surface area contributed by atoms with Crippen LogP contribution in [0.2, 0.25) is 5.15 Å². The van der Waals surface area contributed by atoms with Gasteiger partial charge in [-0.1, -0.05) is 11.6 Å². The number of nitrogens with zero attached hydrogens (tertiary/aromatic N) is 2. The van der Waals surface area contributed by atoms with E-state index in [9.17, 15) is 13.2 Å². The largest absolute Gasteiger partial charge is 0.308 e. The minimum atomic E-state index is -3.75.